The Morgan fingerprint density at radius 3 is 2.75 bits per heavy atom. The summed E-state index contributed by atoms with van der Waals surface area (Å²) < 4.78 is 0. The van der Waals surface area contributed by atoms with E-state index in [1.165, 1.54) is 0 Å². The van der Waals surface area contributed by atoms with E-state index >= 15 is 0 Å². The lowest BCUT2D eigenvalue weighted by atomic mass is 9.89. The molecule has 1 fully saturated rings. The zero-order valence-corrected chi connectivity index (χ0v) is 17.5. The molecule has 1 saturated carbocycles. The molecule has 0 aromatic carbocycles. The molecule has 0 bridgehead atoms. The molecule has 3 atom stereocenters. The Morgan fingerprint density at radius 1 is 1.29 bits per heavy atom. The number of unbranched alkanes of at least 4 members (excludes halogenated alkanes) is 2. The van der Waals surface area contributed by atoms with E-state index in [9.17, 15) is 14.7 Å². The van der Waals surface area contributed by atoms with E-state index in [2.05, 4.69) is 24.8 Å². The fraction of sp³-hybridized carbons (Fsp3) is 0.667. The average Bonchev–Trinajstić information content (AvgIpc) is 3.02. The Bertz CT molecular complexity index is 608. The predicted molar refractivity (Wildman–Crippen MR) is 113 cm³/mol. The van der Waals surface area contributed by atoms with E-state index in [4.69, 9.17) is 5.11 Å². The summed E-state index contributed by atoms with van der Waals surface area (Å²) in [6.07, 6.45) is 15.4. The SMILES string of the molecule is CC#CC(O)(CC=C[C@H]1CCC(=O)[C@@H]1CC=CCCCC(=O)CO)CCCC. The molecule has 1 aliphatic carbocycles. The van der Waals surface area contributed by atoms with Crippen LogP contribution in [0.3, 0.4) is 0 Å². The molecule has 0 aromatic rings. The largest absolute Gasteiger partial charge is 0.389 e. The molecule has 156 valence electrons. The van der Waals surface area contributed by atoms with Gasteiger partial charge in [-0.05, 0) is 51.4 Å². The highest BCUT2D eigenvalue weighted by Gasteiger charge is 2.32. The van der Waals surface area contributed by atoms with Gasteiger partial charge in [0.1, 0.15) is 18.0 Å². The van der Waals surface area contributed by atoms with Crippen LogP contribution in [0.15, 0.2) is 24.3 Å². The number of aliphatic hydroxyl groups is 2. The van der Waals surface area contributed by atoms with Crippen molar-refractivity contribution in [3.05, 3.63) is 24.3 Å². The number of carbonyl (C=O) groups is 2. The summed E-state index contributed by atoms with van der Waals surface area (Å²) in [4.78, 5) is 23.3. The Labute approximate surface area is 170 Å². The molecule has 0 spiro atoms. The maximum absolute atomic E-state index is 12.2. The first kappa shape index (κ1) is 24.3. The van der Waals surface area contributed by atoms with Gasteiger partial charge < -0.3 is 10.2 Å². The number of Topliss-reactive ketones (excluding diaryl/α,β-unsaturated/α-hetero) is 2. The molecule has 1 rings (SSSR count). The van der Waals surface area contributed by atoms with Gasteiger partial charge in [-0.3, -0.25) is 9.59 Å². The Hall–Kier alpha value is -1.70. The molecule has 2 N–H and O–H groups in total. The van der Waals surface area contributed by atoms with Crippen molar-refractivity contribution in [3.63, 3.8) is 0 Å². The van der Waals surface area contributed by atoms with Crippen LogP contribution in [-0.4, -0.2) is 34.0 Å². The Kier molecular flexibility index (Phi) is 11.7. The molecule has 4 heteroatoms. The molecule has 28 heavy (non-hydrogen) atoms. The van der Waals surface area contributed by atoms with Crippen molar-refractivity contribution >= 4 is 11.6 Å². The molecule has 0 saturated heterocycles. The Morgan fingerprint density at radius 2 is 2.07 bits per heavy atom. The Balaban J connectivity index is 2.52. The first-order chi connectivity index (χ1) is 13.5. The number of allylic oxidation sites excluding steroid dienone is 3. The van der Waals surface area contributed by atoms with Crippen molar-refractivity contribution < 1.29 is 19.8 Å². The van der Waals surface area contributed by atoms with E-state index in [0.717, 1.165) is 38.5 Å². The van der Waals surface area contributed by atoms with Crippen LogP contribution in [0.25, 0.3) is 0 Å². The first-order valence-corrected chi connectivity index (χ1v) is 10.6. The predicted octanol–water partition coefficient (Wildman–Crippen LogP) is 4.15. The molecule has 1 unspecified atom stereocenters. The normalized spacial score (nSPS) is 21.8. The van der Waals surface area contributed by atoms with Crippen molar-refractivity contribution in [1.29, 1.82) is 0 Å². The minimum absolute atomic E-state index is 0.00701. The van der Waals surface area contributed by atoms with Crippen LogP contribution < -0.4 is 0 Å². The molecule has 4 nitrogen and oxygen atoms in total. The minimum Gasteiger partial charge on any atom is -0.389 e. The van der Waals surface area contributed by atoms with Gasteiger partial charge >= 0.3 is 0 Å². The lowest BCUT2D eigenvalue weighted by Crippen LogP contribution is -2.25. The minimum atomic E-state index is -0.967. The van der Waals surface area contributed by atoms with Crippen LogP contribution in [0.1, 0.15) is 78.1 Å². The number of rotatable bonds is 13. The van der Waals surface area contributed by atoms with Crippen LogP contribution in [0, 0.1) is 23.7 Å². The second-order valence-corrected chi connectivity index (χ2v) is 7.71. The molecule has 0 aliphatic heterocycles. The molecular weight excluding hydrogens is 352 g/mol. The highest BCUT2D eigenvalue weighted by atomic mass is 16.3. The van der Waals surface area contributed by atoms with Gasteiger partial charge in [0.25, 0.3) is 0 Å². The topological polar surface area (TPSA) is 74.6 Å². The number of carbonyl (C=O) groups excluding carboxylic acids is 2. The van der Waals surface area contributed by atoms with E-state index in [-0.39, 0.29) is 24.2 Å². The van der Waals surface area contributed by atoms with Crippen LogP contribution in [0.5, 0.6) is 0 Å². The fourth-order valence-corrected chi connectivity index (χ4v) is 3.68. The van der Waals surface area contributed by atoms with Gasteiger partial charge in [-0.25, -0.2) is 0 Å². The van der Waals surface area contributed by atoms with Gasteiger partial charge in [-0.1, -0.05) is 43.6 Å². The highest BCUT2D eigenvalue weighted by molar-refractivity contribution is 5.83. The van der Waals surface area contributed by atoms with E-state index < -0.39 is 5.60 Å². The highest BCUT2D eigenvalue weighted by Crippen LogP contribution is 2.33. The third-order valence-corrected chi connectivity index (χ3v) is 5.35. The molecule has 0 amide bonds. The molecule has 0 heterocycles. The standard InChI is InChI=1S/C24H36O4/c1-3-5-17-24(28,16-4-2)18-10-11-20-14-15-23(27)22(20)13-9-7-6-8-12-21(26)19-25/h7,9-11,20,22,25,28H,3,5-6,8,12-15,17-19H2,1-2H3/t20-,22+,24?/m0/s1. The summed E-state index contributed by atoms with van der Waals surface area (Å²) in [5.74, 6) is 6.18. The lowest BCUT2D eigenvalue weighted by Gasteiger charge is -2.21. The molecule has 0 aromatic heterocycles. The van der Waals surface area contributed by atoms with Gasteiger partial charge in [-0.2, -0.15) is 0 Å². The molecule has 1 aliphatic rings. The van der Waals surface area contributed by atoms with E-state index in [0.29, 0.717) is 31.5 Å². The second-order valence-electron chi connectivity index (χ2n) is 7.71. The maximum Gasteiger partial charge on any atom is 0.158 e. The zero-order valence-electron chi connectivity index (χ0n) is 17.5. The molecule has 0 radical (unpaired) electrons. The van der Waals surface area contributed by atoms with Crippen molar-refractivity contribution in [1.82, 2.24) is 0 Å². The summed E-state index contributed by atoms with van der Waals surface area (Å²) >= 11 is 0. The average molecular weight is 389 g/mol. The summed E-state index contributed by atoms with van der Waals surface area (Å²) in [6, 6.07) is 0. The van der Waals surface area contributed by atoms with Crippen molar-refractivity contribution in [2.24, 2.45) is 11.8 Å². The van der Waals surface area contributed by atoms with Gasteiger partial charge in [0.05, 0.1) is 0 Å². The van der Waals surface area contributed by atoms with Crippen LogP contribution in [-0.2, 0) is 9.59 Å². The fourth-order valence-electron chi connectivity index (χ4n) is 3.68. The number of hydrogen-bond donors (Lipinski definition) is 2. The zero-order chi connectivity index (χ0) is 20.8. The van der Waals surface area contributed by atoms with Crippen LogP contribution >= 0.6 is 0 Å². The quantitative estimate of drug-likeness (QED) is 0.282. The van der Waals surface area contributed by atoms with Gasteiger partial charge in [0.2, 0.25) is 0 Å². The smallest absolute Gasteiger partial charge is 0.158 e. The van der Waals surface area contributed by atoms with Crippen LogP contribution in [0.4, 0.5) is 0 Å². The van der Waals surface area contributed by atoms with Gasteiger partial charge in [-0.15, -0.1) is 5.92 Å². The summed E-state index contributed by atoms with van der Waals surface area (Å²) in [5.41, 5.74) is -0.967. The van der Waals surface area contributed by atoms with Crippen LogP contribution in [0.2, 0.25) is 0 Å². The summed E-state index contributed by atoms with van der Waals surface area (Å²) in [5, 5.41) is 19.4. The third-order valence-electron chi connectivity index (χ3n) is 5.35. The number of ketones is 2. The van der Waals surface area contributed by atoms with E-state index in [1.54, 1.807) is 6.92 Å². The van der Waals surface area contributed by atoms with Crippen molar-refractivity contribution in [3.8, 4) is 11.8 Å². The third kappa shape index (κ3) is 8.99. The van der Waals surface area contributed by atoms with Gasteiger partial charge in [0, 0.05) is 25.2 Å². The number of hydrogen-bond acceptors (Lipinski definition) is 4. The second kappa shape index (κ2) is 13.5. The number of aliphatic hydroxyl groups excluding tert-OH is 1. The molecular formula is C24H36O4. The van der Waals surface area contributed by atoms with Gasteiger partial charge in [0.15, 0.2) is 5.78 Å². The maximum atomic E-state index is 12.2. The lowest BCUT2D eigenvalue weighted by molar-refractivity contribution is -0.122. The monoisotopic (exact) mass is 388 g/mol. The van der Waals surface area contributed by atoms with E-state index in [1.807, 2.05) is 18.2 Å². The van der Waals surface area contributed by atoms with Crippen molar-refractivity contribution in [2.45, 2.75) is 83.7 Å². The summed E-state index contributed by atoms with van der Waals surface area (Å²) in [7, 11) is 0. The first-order valence-electron chi connectivity index (χ1n) is 10.6. The van der Waals surface area contributed by atoms with Crippen molar-refractivity contribution in [2.75, 3.05) is 6.61 Å². The summed E-state index contributed by atoms with van der Waals surface area (Å²) in [6.45, 7) is 3.46.